The van der Waals surface area contributed by atoms with Gasteiger partial charge in [0.1, 0.15) is 5.69 Å². The van der Waals surface area contributed by atoms with Crippen molar-refractivity contribution in [3.8, 4) is 11.3 Å². The van der Waals surface area contributed by atoms with Crippen LogP contribution >= 0.6 is 0 Å². The summed E-state index contributed by atoms with van der Waals surface area (Å²) in [5, 5.41) is 13.2. The second-order valence-electron chi connectivity index (χ2n) is 6.66. The predicted molar refractivity (Wildman–Crippen MR) is 107 cm³/mol. The molecule has 0 atom stereocenters. The number of aliphatic hydroxyl groups excluding tert-OH is 1. The molecular weight excluding hydrogens is 354 g/mol. The van der Waals surface area contributed by atoms with Crippen LogP contribution in [0.1, 0.15) is 21.7 Å². The molecule has 0 saturated carbocycles. The Morgan fingerprint density at radius 3 is 2.96 bits per heavy atom. The lowest BCUT2D eigenvalue weighted by atomic mass is 10.1. The van der Waals surface area contributed by atoms with Gasteiger partial charge in [-0.15, -0.1) is 0 Å². The number of aromatic nitrogens is 4. The lowest BCUT2D eigenvalue weighted by Gasteiger charge is -2.10. The van der Waals surface area contributed by atoms with Crippen LogP contribution in [0, 0.1) is 0 Å². The fourth-order valence-corrected chi connectivity index (χ4v) is 3.23. The van der Waals surface area contributed by atoms with Crippen molar-refractivity contribution in [2.45, 2.75) is 13.0 Å². The van der Waals surface area contributed by atoms with E-state index in [4.69, 9.17) is 0 Å². The summed E-state index contributed by atoms with van der Waals surface area (Å²) in [5.74, 6) is -0.212. The maximum atomic E-state index is 12.9. The molecule has 1 amide bonds. The molecule has 4 aromatic rings. The van der Waals surface area contributed by atoms with Crippen LogP contribution < -0.4 is 5.32 Å². The number of benzene rings is 1. The standard InChI is InChI=1S/C21H21N5O2/c1-26-8-6-17-19(26)10-18(15-4-2-3-14(9-15)12-27)25-20(17)21(28)23-7-5-16-11-22-13-24-16/h2-4,6,8-11,13,27H,5,7,12H2,1H3,(H,22,24)(H,23,28). The molecule has 0 aliphatic heterocycles. The summed E-state index contributed by atoms with van der Waals surface area (Å²) < 4.78 is 1.97. The van der Waals surface area contributed by atoms with Gasteiger partial charge in [-0.1, -0.05) is 18.2 Å². The van der Waals surface area contributed by atoms with Gasteiger partial charge in [0.05, 0.1) is 24.1 Å². The SMILES string of the molecule is Cn1ccc2c(C(=O)NCCc3cnc[nH]3)nc(-c3cccc(CO)c3)cc21. The van der Waals surface area contributed by atoms with Crippen molar-refractivity contribution in [3.05, 3.63) is 72.1 Å². The highest BCUT2D eigenvalue weighted by Gasteiger charge is 2.16. The van der Waals surface area contributed by atoms with Crippen LogP contribution in [-0.2, 0) is 20.1 Å². The molecule has 0 unspecified atom stereocenters. The minimum Gasteiger partial charge on any atom is -0.392 e. The monoisotopic (exact) mass is 375 g/mol. The summed E-state index contributed by atoms with van der Waals surface area (Å²) in [6.07, 6.45) is 5.95. The number of carbonyl (C=O) groups excluding carboxylic acids is 1. The molecule has 0 spiro atoms. The van der Waals surface area contributed by atoms with Crippen molar-refractivity contribution in [2.75, 3.05) is 6.54 Å². The number of aryl methyl sites for hydroxylation is 1. The van der Waals surface area contributed by atoms with E-state index in [1.165, 1.54) is 0 Å². The van der Waals surface area contributed by atoms with E-state index in [0.717, 1.165) is 27.7 Å². The minimum absolute atomic E-state index is 0.0405. The van der Waals surface area contributed by atoms with Gasteiger partial charge in [-0.25, -0.2) is 9.97 Å². The predicted octanol–water partition coefficient (Wildman–Crippen LogP) is 2.43. The molecule has 1 aromatic carbocycles. The molecule has 0 saturated heterocycles. The Balaban J connectivity index is 1.67. The molecule has 3 aromatic heterocycles. The fraction of sp³-hybridized carbons (Fsp3) is 0.190. The highest BCUT2D eigenvalue weighted by atomic mass is 16.3. The Hall–Kier alpha value is -3.45. The van der Waals surface area contributed by atoms with Crippen LogP contribution in [0.4, 0.5) is 0 Å². The van der Waals surface area contributed by atoms with Crippen LogP contribution in [0.2, 0.25) is 0 Å². The van der Waals surface area contributed by atoms with E-state index >= 15 is 0 Å². The minimum atomic E-state index is -0.212. The van der Waals surface area contributed by atoms with Crippen molar-refractivity contribution < 1.29 is 9.90 Å². The zero-order chi connectivity index (χ0) is 19.5. The Kier molecular flexibility index (Phi) is 4.90. The van der Waals surface area contributed by atoms with E-state index in [1.54, 1.807) is 12.5 Å². The number of imidazole rings is 1. The van der Waals surface area contributed by atoms with Crippen molar-refractivity contribution in [2.24, 2.45) is 7.05 Å². The molecule has 0 aliphatic rings. The van der Waals surface area contributed by atoms with Gasteiger partial charge in [-0.05, 0) is 23.8 Å². The lowest BCUT2D eigenvalue weighted by molar-refractivity contribution is 0.0951. The number of aromatic amines is 1. The van der Waals surface area contributed by atoms with Crippen LogP contribution in [0.15, 0.2) is 55.1 Å². The summed E-state index contributed by atoms with van der Waals surface area (Å²) >= 11 is 0. The first-order valence-corrected chi connectivity index (χ1v) is 9.07. The number of nitrogens with zero attached hydrogens (tertiary/aromatic N) is 3. The average Bonchev–Trinajstić information content (AvgIpc) is 3.37. The number of fused-ring (bicyclic) bond motifs is 1. The van der Waals surface area contributed by atoms with Crippen molar-refractivity contribution in [1.82, 2.24) is 24.8 Å². The van der Waals surface area contributed by atoms with Crippen LogP contribution in [0.3, 0.4) is 0 Å². The van der Waals surface area contributed by atoms with E-state index in [0.29, 0.717) is 24.4 Å². The third-order valence-electron chi connectivity index (χ3n) is 4.74. The van der Waals surface area contributed by atoms with Gasteiger partial charge in [0.2, 0.25) is 0 Å². The normalized spacial score (nSPS) is 11.1. The largest absolute Gasteiger partial charge is 0.392 e. The van der Waals surface area contributed by atoms with Crippen molar-refractivity contribution in [3.63, 3.8) is 0 Å². The summed E-state index contributed by atoms with van der Waals surface area (Å²) in [6.45, 7) is 0.447. The number of nitrogens with one attached hydrogen (secondary N) is 2. The molecule has 4 rings (SSSR count). The molecule has 3 heterocycles. The maximum Gasteiger partial charge on any atom is 0.270 e. The molecular formula is C21H21N5O2. The van der Waals surface area contributed by atoms with E-state index in [9.17, 15) is 9.90 Å². The number of aliphatic hydroxyl groups is 1. The number of carbonyl (C=O) groups is 1. The Morgan fingerprint density at radius 2 is 2.18 bits per heavy atom. The van der Waals surface area contributed by atoms with E-state index in [-0.39, 0.29) is 12.5 Å². The summed E-state index contributed by atoms with van der Waals surface area (Å²) in [4.78, 5) is 24.5. The third-order valence-corrected chi connectivity index (χ3v) is 4.74. The number of hydrogen-bond donors (Lipinski definition) is 3. The first-order chi connectivity index (χ1) is 13.7. The molecule has 0 fully saturated rings. The Bertz CT molecular complexity index is 1120. The number of amides is 1. The van der Waals surface area contributed by atoms with Crippen molar-refractivity contribution >= 4 is 16.8 Å². The molecule has 142 valence electrons. The molecule has 3 N–H and O–H groups in total. The van der Waals surface area contributed by atoms with Gasteiger partial charge in [0, 0.05) is 49.1 Å². The molecule has 7 heteroatoms. The number of H-pyrrole nitrogens is 1. The fourth-order valence-electron chi connectivity index (χ4n) is 3.23. The quantitative estimate of drug-likeness (QED) is 0.482. The topological polar surface area (TPSA) is 95.8 Å². The van der Waals surface area contributed by atoms with Crippen LogP contribution in [0.5, 0.6) is 0 Å². The molecule has 7 nitrogen and oxygen atoms in total. The van der Waals surface area contributed by atoms with Gasteiger partial charge >= 0.3 is 0 Å². The smallest absolute Gasteiger partial charge is 0.270 e. The first kappa shape index (κ1) is 17.9. The Morgan fingerprint density at radius 1 is 1.29 bits per heavy atom. The number of hydrogen-bond acceptors (Lipinski definition) is 4. The highest BCUT2D eigenvalue weighted by Crippen LogP contribution is 2.26. The van der Waals surface area contributed by atoms with Crippen molar-refractivity contribution in [1.29, 1.82) is 0 Å². The van der Waals surface area contributed by atoms with Gasteiger partial charge in [-0.2, -0.15) is 0 Å². The first-order valence-electron chi connectivity index (χ1n) is 9.07. The van der Waals surface area contributed by atoms with Crippen LogP contribution in [-0.4, -0.2) is 37.1 Å². The maximum absolute atomic E-state index is 12.9. The summed E-state index contributed by atoms with van der Waals surface area (Å²) in [6, 6.07) is 11.4. The van der Waals surface area contributed by atoms with Crippen LogP contribution in [0.25, 0.3) is 22.2 Å². The summed E-state index contributed by atoms with van der Waals surface area (Å²) in [5.41, 5.74) is 4.65. The Labute approximate surface area is 162 Å². The van der Waals surface area contributed by atoms with Gasteiger partial charge in [0.25, 0.3) is 5.91 Å². The third kappa shape index (κ3) is 3.52. The zero-order valence-corrected chi connectivity index (χ0v) is 15.5. The summed E-state index contributed by atoms with van der Waals surface area (Å²) in [7, 11) is 1.94. The highest BCUT2D eigenvalue weighted by molar-refractivity contribution is 6.05. The van der Waals surface area contributed by atoms with E-state index < -0.39 is 0 Å². The lowest BCUT2D eigenvalue weighted by Crippen LogP contribution is -2.27. The van der Waals surface area contributed by atoms with E-state index in [1.807, 2.05) is 54.2 Å². The number of pyridine rings is 1. The zero-order valence-electron chi connectivity index (χ0n) is 15.5. The second-order valence-corrected chi connectivity index (χ2v) is 6.66. The van der Waals surface area contributed by atoms with Gasteiger partial charge < -0.3 is 20.0 Å². The molecule has 0 aliphatic carbocycles. The molecule has 0 bridgehead atoms. The average molecular weight is 375 g/mol. The van der Waals surface area contributed by atoms with E-state index in [2.05, 4.69) is 20.3 Å². The second kappa shape index (κ2) is 7.66. The van der Waals surface area contributed by atoms with Gasteiger partial charge in [0.15, 0.2) is 0 Å². The molecule has 0 radical (unpaired) electrons. The molecule has 28 heavy (non-hydrogen) atoms. The number of rotatable bonds is 6. The van der Waals surface area contributed by atoms with Gasteiger partial charge in [-0.3, -0.25) is 4.79 Å².